The fraction of sp³-hybridized carbons (Fsp3) is 0.778. The number of hydrogen-bond donors (Lipinski definition) is 0. The van der Waals surface area contributed by atoms with Gasteiger partial charge in [-0.25, -0.2) is 0 Å². The highest BCUT2D eigenvalue weighted by molar-refractivity contribution is 5.91. The Kier molecular flexibility index (Phi) is 2.84. The maximum absolute atomic E-state index is 11.1. The van der Waals surface area contributed by atoms with Crippen molar-refractivity contribution in [3.05, 3.63) is 0 Å². The predicted molar refractivity (Wildman–Crippen MR) is 43.5 cm³/mol. The van der Waals surface area contributed by atoms with Crippen molar-refractivity contribution < 1.29 is 14.3 Å². The molecular formula is C9H14O3. The monoisotopic (exact) mass is 170 g/mol. The summed E-state index contributed by atoms with van der Waals surface area (Å²) in [5, 5.41) is 0. The normalized spacial score (nSPS) is 26.5. The number of carbonyl (C=O) groups is 2. The number of ketones is 1. The summed E-state index contributed by atoms with van der Waals surface area (Å²) in [4.78, 5) is 22.1. The lowest BCUT2D eigenvalue weighted by molar-refractivity contribution is -0.145. The minimum absolute atomic E-state index is 0.0333. The zero-order chi connectivity index (χ0) is 9.14. The van der Waals surface area contributed by atoms with Crippen LogP contribution in [0.4, 0.5) is 0 Å². The van der Waals surface area contributed by atoms with E-state index in [1.807, 2.05) is 6.92 Å². The fourth-order valence-electron chi connectivity index (χ4n) is 1.32. The summed E-state index contributed by atoms with van der Waals surface area (Å²) in [6, 6.07) is 0. The van der Waals surface area contributed by atoms with Gasteiger partial charge >= 0.3 is 5.97 Å². The van der Waals surface area contributed by atoms with Gasteiger partial charge in [-0.15, -0.1) is 0 Å². The van der Waals surface area contributed by atoms with Crippen LogP contribution in [0, 0.1) is 11.8 Å². The summed E-state index contributed by atoms with van der Waals surface area (Å²) < 4.78 is 4.80. The molecule has 1 saturated carbocycles. The van der Waals surface area contributed by atoms with Crippen molar-refractivity contribution in [3.8, 4) is 0 Å². The van der Waals surface area contributed by atoms with Crippen molar-refractivity contribution in [1.29, 1.82) is 0 Å². The van der Waals surface area contributed by atoms with Crippen molar-refractivity contribution in [2.45, 2.75) is 26.7 Å². The number of Topliss-reactive ketones (excluding diaryl/α,β-unsaturated/α-hetero) is 1. The number of hydrogen-bond acceptors (Lipinski definition) is 3. The van der Waals surface area contributed by atoms with Crippen LogP contribution >= 0.6 is 0 Å². The van der Waals surface area contributed by atoms with E-state index in [-0.39, 0.29) is 23.6 Å². The molecule has 0 saturated heterocycles. The van der Waals surface area contributed by atoms with Crippen LogP contribution in [-0.2, 0) is 14.3 Å². The standard InChI is InChI=1S/C9H14O3/c1-3-8(10)6-5-7(6)9(11)12-4-2/h6-7H,3-5H2,1-2H3/t6-,7-/m1/s1. The lowest BCUT2D eigenvalue weighted by atomic mass is 10.2. The summed E-state index contributed by atoms with van der Waals surface area (Å²) in [6.45, 7) is 4.00. The molecule has 0 heterocycles. The van der Waals surface area contributed by atoms with Gasteiger partial charge in [-0.3, -0.25) is 9.59 Å². The highest BCUT2D eigenvalue weighted by atomic mass is 16.5. The average Bonchev–Trinajstić information content (AvgIpc) is 2.82. The zero-order valence-electron chi connectivity index (χ0n) is 7.50. The van der Waals surface area contributed by atoms with Crippen molar-refractivity contribution in [2.24, 2.45) is 11.8 Å². The summed E-state index contributed by atoms with van der Waals surface area (Å²) in [6.07, 6.45) is 1.23. The summed E-state index contributed by atoms with van der Waals surface area (Å²) in [7, 11) is 0. The van der Waals surface area contributed by atoms with Crippen LogP contribution in [0.5, 0.6) is 0 Å². The molecule has 1 fully saturated rings. The maximum atomic E-state index is 11.1. The summed E-state index contributed by atoms with van der Waals surface area (Å²) >= 11 is 0. The van der Waals surface area contributed by atoms with Crippen LogP contribution < -0.4 is 0 Å². The van der Waals surface area contributed by atoms with Gasteiger partial charge in [0.1, 0.15) is 5.78 Å². The molecule has 3 nitrogen and oxygen atoms in total. The molecule has 0 aromatic rings. The molecule has 0 radical (unpaired) electrons. The SMILES string of the molecule is CCOC(=O)[C@@H]1C[C@H]1C(=O)CC. The lowest BCUT2D eigenvalue weighted by Crippen LogP contribution is -2.10. The van der Waals surface area contributed by atoms with Crippen LogP contribution in [0.3, 0.4) is 0 Å². The van der Waals surface area contributed by atoms with Crippen molar-refractivity contribution >= 4 is 11.8 Å². The average molecular weight is 170 g/mol. The second-order valence-corrected chi connectivity index (χ2v) is 3.02. The molecule has 0 amide bonds. The highest BCUT2D eigenvalue weighted by Crippen LogP contribution is 2.40. The minimum atomic E-state index is -0.204. The first-order chi connectivity index (χ1) is 5.70. The molecule has 0 aliphatic heterocycles. The Balaban J connectivity index is 2.32. The molecule has 1 aliphatic rings. The largest absolute Gasteiger partial charge is 0.466 e. The van der Waals surface area contributed by atoms with E-state index in [1.165, 1.54) is 0 Å². The van der Waals surface area contributed by atoms with E-state index in [2.05, 4.69) is 0 Å². The van der Waals surface area contributed by atoms with Gasteiger partial charge in [0.05, 0.1) is 12.5 Å². The second kappa shape index (κ2) is 3.70. The van der Waals surface area contributed by atoms with E-state index in [1.54, 1.807) is 6.92 Å². The molecule has 68 valence electrons. The van der Waals surface area contributed by atoms with Crippen molar-refractivity contribution in [1.82, 2.24) is 0 Å². The van der Waals surface area contributed by atoms with Gasteiger partial charge in [0, 0.05) is 12.3 Å². The molecule has 1 aliphatic carbocycles. The second-order valence-electron chi connectivity index (χ2n) is 3.02. The number of carbonyl (C=O) groups excluding carboxylic acids is 2. The minimum Gasteiger partial charge on any atom is -0.466 e. The van der Waals surface area contributed by atoms with E-state index in [0.29, 0.717) is 19.4 Å². The lowest BCUT2D eigenvalue weighted by Gasteiger charge is -1.98. The van der Waals surface area contributed by atoms with Crippen LogP contribution in [-0.4, -0.2) is 18.4 Å². The predicted octanol–water partition coefficient (Wildman–Crippen LogP) is 1.16. The van der Waals surface area contributed by atoms with Crippen LogP contribution in [0.15, 0.2) is 0 Å². The van der Waals surface area contributed by atoms with Crippen molar-refractivity contribution in [3.63, 3.8) is 0 Å². The molecule has 0 spiro atoms. The van der Waals surface area contributed by atoms with Crippen LogP contribution in [0.1, 0.15) is 26.7 Å². The van der Waals surface area contributed by atoms with Gasteiger partial charge in [0.25, 0.3) is 0 Å². The summed E-state index contributed by atoms with van der Waals surface area (Å²) in [5.41, 5.74) is 0. The van der Waals surface area contributed by atoms with Crippen molar-refractivity contribution in [2.75, 3.05) is 6.61 Å². The van der Waals surface area contributed by atoms with Gasteiger partial charge in [-0.05, 0) is 13.3 Å². The Morgan fingerprint density at radius 1 is 1.33 bits per heavy atom. The first kappa shape index (κ1) is 9.23. The van der Waals surface area contributed by atoms with E-state index in [4.69, 9.17) is 4.74 Å². The van der Waals surface area contributed by atoms with Gasteiger partial charge in [-0.2, -0.15) is 0 Å². The van der Waals surface area contributed by atoms with E-state index < -0.39 is 0 Å². The third-order valence-electron chi connectivity index (χ3n) is 2.14. The molecule has 0 aromatic carbocycles. The van der Waals surface area contributed by atoms with Gasteiger partial charge in [-0.1, -0.05) is 6.92 Å². The maximum Gasteiger partial charge on any atom is 0.309 e. The Morgan fingerprint density at radius 3 is 2.50 bits per heavy atom. The van der Waals surface area contributed by atoms with Gasteiger partial charge in [0.2, 0.25) is 0 Å². The molecule has 0 unspecified atom stereocenters. The fourth-order valence-corrected chi connectivity index (χ4v) is 1.32. The third-order valence-corrected chi connectivity index (χ3v) is 2.14. The first-order valence-corrected chi connectivity index (χ1v) is 4.40. The van der Waals surface area contributed by atoms with E-state index >= 15 is 0 Å². The quantitative estimate of drug-likeness (QED) is 0.595. The topological polar surface area (TPSA) is 43.4 Å². The summed E-state index contributed by atoms with van der Waals surface area (Å²) in [5.74, 6) is -0.177. The van der Waals surface area contributed by atoms with Gasteiger partial charge in [0.15, 0.2) is 0 Å². The Bertz CT molecular complexity index is 198. The Morgan fingerprint density at radius 2 is 2.00 bits per heavy atom. The van der Waals surface area contributed by atoms with Gasteiger partial charge < -0.3 is 4.74 Å². The molecule has 0 N–H and O–H groups in total. The number of esters is 1. The first-order valence-electron chi connectivity index (χ1n) is 4.40. The molecule has 0 bridgehead atoms. The third kappa shape index (κ3) is 1.84. The van der Waals surface area contributed by atoms with Crippen LogP contribution in [0.25, 0.3) is 0 Å². The zero-order valence-corrected chi connectivity index (χ0v) is 7.50. The number of rotatable bonds is 4. The number of ether oxygens (including phenoxy) is 1. The van der Waals surface area contributed by atoms with Crippen LogP contribution in [0.2, 0.25) is 0 Å². The molecule has 0 aromatic heterocycles. The molecule has 2 atom stereocenters. The highest BCUT2D eigenvalue weighted by Gasteiger charge is 2.47. The molecular weight excluding hydrogens is 156 g/mol. The Hall–Kier alpha value is -0.860. The smallest absolute Gasteiger partial charge is 0.309 e. The molecule has 3 heteroatoms. The Labute approximate surface area is 72.1 Å². The molecule has 12 heavy (non-hydrogen) atoms. The van der Waals surface area contributed by atoms with E-state index in [0.717, 1.165) is 0 Å². The van der Waals surface area contributed by atoms with E-state index in [9.17, 15) is 9.59 Å². The molecule has 1 rings (SSSR count).